The number of benzene rings is 3. The summed E-state index contributed by atoms with van der Waals surface area (Å²) >= 11 is 0. The zero-order valence-corrected chi connectivity index (χ0v) is 20.7. The lowest BCUT2D eigenvalue weighted by Gasteiger charge is -2.28. The molecule has 0 spiro atoms. The van der Waals surface area contributed by atoms with Gasteiger partial charge in [0.05, 0.1) is 38.4 Å². The standard InChI is InChI=1S/C31H34O5/c1-24-19-28(33-21-25-11-5-2-6-12-25)17-18-29(34-22-26-13-7-3-8-14-26)30(20-31(32)36-24)35-23-27-15-9-4-10-16-27/h2-18,24,28-30H,19-23H2,1H3/b18-17+/t24-,28-,29+,30+/m1/s1. The molecule has 0 saturated carbocycles. The van der Waals surface area contributed by atoms with Gasteiger partial charge in [0, 0.05) is 6.42 Å². The van der Waals surface area contributed by atoms with E-state index >= 15 is 0 Å². The van der Waals surface area contributed by atoms with Gasteiger partial charge in [0.2, 0.25) is 0 Å². The molecule has 4 atom stereocenters. The second kappa shape index (κ2) is 13.7. The van der Waals surface area contributed by atoms with Crippen LogP contribution in [0.3, 0.4) is 0 Å². The second-order valence-corrected chi connectivity index (χ2v) is 9.06. The third-order valence-electron chi connectivity index (χ3n) is 6.05. The molecule has 0 bridgehead atoms. The SMILES string of the molecule is C[C@@H]1C[C@H](OCc2ccccc2)/C=C/[C@H](OCc2ccccc2)[C@@H](OCc2ccccc2)CC(=O)O1. The highest BCUT2D eigenvalue weighted by Gasteiger charge is 2.28. The minimum absolute atomic E-state index is 0.108. The average Bonchev–Trinajstić information content (AvgIpc) is 2.91. The van der Waals surface area contributed by atoms with E-state index in [1.54, 1.807) is 0 Å². The molecular formula is C31H34O5. The van der Waals surface area contributed by atoms with Crippen LogP contribution in [0, 0.1) is 0 Å². The fraction of sp³-hybridized carbons (Fsp3) is 0.323. The Morgan fingerprint density at radius 2 is 1.19 bits per heavy atom. The normalized spacial score (nSPS) is 23.5. The van der Waals surface area contributed by atoms with E-state index in [1.807, 2.05) is 110 Å². The first-order chi connectivity index (χ1) is 17.7. The minimum atomic E-state index is -0.502. The smallest absolute Gasteiger partial charge is 0.308 e. The molecule has 3 aromatic rings. The summed E-state index contributed by atoms with van der Waals surface area (Å²) < 4.78 is 24.5. The number of carbonyl (C=O) groups is 1. The van der Waals surface area contributed by atoms with Crippen LogP contribution in [0.1, 0.15) is 36.5 Å². The van der Waals surface area contributed by atoms with Crippen LogP contribution in [-0.2, 0) is 43.6 Å². The molecule has 0 radical (unpaired) electrons. The molecule has 0 aromatic heterocycles. The van der Waals surface area contributed by atoms with Crippen LogP contribution in [0.2, 0.25) is 0 Å². The lowest BCUT2D eigenvalue weighted by atomic mass is 10.0. The Bertz CT molecular complexity index is 1070. The van der Waals surface area contributed by atoms with E-state index < -0.39 is 12.2 Å². The fourth-order valence-corrected chi connectivity index (χ4v) is 4.13. The van der Waals surface area contributed by atoms with Crippen LogP contribution in [0.4, 0.5) is 0 Å². The predicted molar refractivity (Wildman–Crippen MR) is 139 cm³/mol. The van der Waals surface area contributed by atoms with Crippen molar-refractivity contribution in [2.24, 2.45) is 0 Å². The Morgan fingerprint density at radius 1 is 0.694 bits per heavy atom. The van der Waals surface area contributed by atoms with E-state index in [0.717, 1.165) is 16.7 Å². The topological polar surface area (TPSA) is 54.0 Å². The molecule has 36 heavy (non-hydrogen) atoms. The van der Waals surface area contributed by atoms with Gasteiger partial charge in [-0.1, -0.05) is 103 Å². The van der Waals surface area contributed by atoms with Crippen LogP contribution >= 0.6 is 0 Å². The molecule has 0 fully saturated rings. The van der Waals surface area contributed by atoms with Gasteiger partial charge in [-0.15, -0.1) is 0 Å². The van der Waals surface area contributed by atoms with Crippen LogP contribution in [0.15, 0.2) is 103 Å². The van der Waals surface area contributed by atoms with E-state index in [4.69, 9.17) is 18.9 Å². The molecule has 0 amide bonds. The van der Waals surface area contributed by atoms with Gasteiger partial charge in [-0.25, -0.2) is 0 Å². The number of hydrogen-bond donors (Lipinski definition) is 0. The molecule has 1 heterocycles. The monoisotopic (exact) mass is 486 g/mol. The number of ether oxygens (including phenoxy) is 4. The second-order valence-electron chi connectivity index (χ2n) is 9.06. The van der Waals surface area contributed by atoms with Crippen LogP contribution in [0.5, 0.6) is 0 Å². The number of esters is 1. The van der Waals surface area contributed by atoms with Gasteiger partial charge in [0.15, 0.2) is 0 Å². The van der Waals surface area contributed by atoms with Gasteiger partial charge in [0.25, 0.3) is 0 Å². The summed E-state index contributed by atoms with van der Waals surface area (Å²) in [5, 5.41) is 0. The molecular weight excluding hydrogens is 452 g/mol. The van der Waals surface area contributed by atoms with Gasteiger partial charge >= 0.3 is 5.97 Å². The van der Waals surface area contributed by atoms with Crippen LogP contribution < -0.4 is 0 Å². The summed E-state index contributed by atoms with van der Waals surface area (Å²) in [6.45, 7) is 3.15. The quantitative estimate of drug-likeness (QED) is 0.273. The van der Waals surface area contributed by atoms with E-state index in [2.05, 4.69) is 0 Å². The van der Waals surface area contributed by atoms with Crippen molar-refractivity contribution in [3.8, 4) is 0 Å². The molecule has 4 rings (SSSR count). The molecule has 5 heteroatoms. The number of cyclic esters (lactones) is 1. The highest BCUT2D eigenvalue weighted by molar-refractivity contribution is 5.70. The van der Waals surface area contributed by atoms with Crippen molar-refractivity contribution in [3.05, 3.63) is 120 Å². The maximum atomic E-state index is 12.8. The molecule has 5 nitrogen and oxygen atoms in total. The third kappa shape index (κ3) is 8.45. The van der Waals surface area contributed by atoms with Crippen molar-refractivity contribution in [2.75, 3.05) is 0 Å². The Kier molecular flexibility index (Phi) is 9.86. The maximum absolute atomic E-state index is 12.8. The van der Waals surface area contributed by atoms with Crippen molar-refractivity contribution in [1.82, 2.24) is 0 Å². The van der Waals surface area contributed by atoms with Crippen LogP contribution in [0.25, 0.3) is 0 Å². The lowest BCUT2D eigenvalue weighted by Crippen LogP contribution is -2.35. The van der Waals surface area contributed by atoms with Crippen LogP contribution in [-0.4, -0.2) is 30.4 Å². The molecule has 188 valence electrons. The Morgan fingerprint density at radius 3 is 1.75 bits per heavy atom. The van der Waals surface area contributed by atoms with Crippen molar-refractivity contribution in [2.45, 2.75) is 64.0 Å². The summed E-state index contributed by atoms with van der Waals surface area (Å²) in [6.07, 6.45) is 3.22. The predicted octanol–water partition coefficient (Wildman–Crippen LogP) is 6.02. The summed E-state index contributed by atoms with van der Waals surface area (Å²) in [7, 11) is 0. The van der Waals surface area contributed by atoms with Crippen molar-refractivity contribution in [1.29, 1.82) is 0 Å². The largest absolute Gasteiger partial charge is 0.462 e. The summed E-state index contributed by atoms with van der Waals surface area (Å²) in [4.78, 5) is 12.8. The third-order valence-corrected chi connectivity index (χ3v) is 6.05. The van der Waals surface area contributed by atoms with Gasteiger partial charge in [-0.05, 0) is 23.6 Å². The van der Waals surface area contributed by atoms with E-state index in [1.165, 1.54) is 0 Å². The minimum Gasteiger partial charge on any atom is -0.462 e. The molecule has 0 unspecified atom stereocenters. The molecule has 1 aliphatic heterocycles. The number of hydrogen-bond acceptors (Lipinski definition) is 5. The van der Waals surface area contributed by atoms with E-state index in [0.29, 0.717) is 26.2 Å². The lowest BCUT2D eigenvalue weighted by molar-refractivity contribution is -0.157. The highest BCUT2D eigenvalue weighted by Crippen LogP contribution is 2.21. The summed E-state index contributed by atoms with van der Waals surface area (Å²) in [6, 6.07) is 29.9. The fourth-order valence-electron chi connectivity index (χ4n) is 4.13. The first-order valence-electron chi connectivity index (χ1n) is 12.5. The van der Waals surface area contributed by atoms with Crippen molar-refractivity contribution in [3.63, 3.8) is 0 Å². The van der Waals surface area contributed by atoms with Gasteiger partial charge < -0.3 is 18.9 Å². The molecule has 0 saturated heterocycles. The Labute approximate surface area is 213 Å². The first-order valence-corrected chi connectivity index (χ1v) is 12.5. The van der Waals surface area contributed by atoms with Gasteiger partial charge in [0.1, 0.15) is 12.2 Å². The Hall–Kier alpha value is -3.25. The number of carbonyl (C=O) groups excluding carboxylic acids is 1. The molecule has 1 aliphatic rings. The van der Waals surface area contributed by atoms with E-state index in [-0.39, 0.29) is 24.6 Å². The molecule has 0 N–H and O–H groups in total. The summed E-state index contributed by atoms with van der Waals surface area (Å²) in [5.41, 5.74) is 3.18. The van der Waals surface area contributed by atoms with Gasteiger partial charge in [-0.2, -0.15) is 0 Å². The first kappa shape index (κ1) is 25.8. The van der Waals surface area contributed by atoms with Crippen molar-refractivity contribution < 1.29 is 23.7 Å². The molecule has 0 aliphatic carbocycles. The zero-order valence-electron chi connectivity index (χ0n) is 20.7. The van der Waals surface area contributed by atoms with E-state index in [9.17, 15) is 4.79 Å². The number of rotatable bonds is 9. The van der Waals surface area contributed by atoms with Gasteiger partial charge in [-0.3, -0.25) is 4.79 Å². The zero-order chi connectivity index (χ0) is 25.0. The van der Waals surface area contributed by atoms with Crippen molar-refractivity contribution >= 4 is 5.97 Å². The maximum Gasteiger partial charge on any atom is 0.308 e. The average molecular weight is 487 g/mol. The summed E-state index contributed by atoms with van der Waals surface area (Å²) in [5.74, 6) is -0.300. The highest BCUT2D eigenvalue weighted by atomic mass is 16.6. The molecule has 3 aromatic carbocycles. The Balaban J connectivity index is 1.52.